The van der Waals surface area contributed by atoms with Crippen LogP contribution in [-0.4, -0.2) is 3.23 Å². The Balaban J connectivity index is 2.33. The van der Waals surface area contributed by atoms with Gasteiger partial charge in [-0.25, -0.2) is 0 Å². The van der Waals surface area contributed by atoms with Gasteiger partial charge >= 0.3 is 0 Å². The molecular weight excluding hydrogens is 292 g/mol. The van der Waals surface area contributed by atoms with E-state index in [0.717, 1.165) is 0 Å². The molecule has 1 fully saturated rings. The Morgan fingerprint density at radius 3 is 1.92 bits per heavy atom. The molecule has 70 valence electrons. The summed E-state index contributed by atoms with van der Waals surface area (Å²) in [6.45, 7) is 4.54. The van der Waals surface area contributed by atoms with E-state index in [-0.39, 0.29) is 3.23 Å². The topological polar surface area (TPSA) is 0 Å². The molecular formula is C11H12Br2. The highest BCUT2D eigenvalue weighted by Gasteiger charge is 2.69. The lowest BCUT2D eigenvalue weighted by molar-refractivity contribution is 0.621. The second-order valence-corrected chi connectivity index (χ2v) is 7.75. The molecule has 0 unspecified atom stereocenters. The second-order valence-electron chi connectivity index (χ2n) is 4.19. The summed E-state index contributed by atoms with van der Waals surface area (Å²) < 4.78 is 0.0916. The molecule has 0 amide bonds. The van der Waals surface area contributed by atoms with E-state index in [0.29, 0.717) is 11.3 Å². The second kappa shape index (κ2) is 2.83. The van der Waals surface area contributed by atoms with E-state index in [1.54, 1.807) is 0 Å². The Hall–Kier alpha value is 0.180. The summed E-state index contributed by atoms with van der Waals surface area (Å²) in [5, 5.41) is 0. The van der Waals surface area contributed by atoms with Gasteiger partial charge in [0.25, 0.3) is 0 Å². The summed E-state index contributed by atoms with van der Waals surface area (Å²) in [6.07, 6.45) is 0. The summed E-state index contributed by atoms with van der Waals surface area (Å²) >= 11 is 7.46. The summed E-state index contributed by atoms with van der Waals surface area (Å²) in [5.74, 6) is 0.571. The molecule has 0 N–H and O–H groups in total. The van der Waals surface area contributed by atoms with Gasteiger partial charge in [-0.1, -0.05) is 76.0 Å². The zero-order valence-corrected chi connectivity index (χ0v) is 10.9. The zero-order valence-electron chi connectivity index (χ0n) is 7.72. The van der Waals surface area contributed by atoms with Gasteiger partial charge in [0, 0.05) is 5.92 Å². The third kappa shape index (κ3) is 1.30. The third-order valence-corrected chi connectivity index (χ3v) is 5.95. The normalized spacial score (nSPS) is 28.5. The van der Waals surface area contributed by atoms with Crippen LogP contribution in [-0.2, 0) is 0 Å². The number of rotatable bonds is 1. The Labute approximate surface area is 96.0 Å². The van der Waals surface area contributed by atoms with Crippen LogP contribution in [0, 0.1) is 5.41 Å². The van der Waals surface area contributed by atoms with E-state index in [1.807, 2.05) is 0 Å². The van der Waals surface area contributed by atoms with Gasteiger partial charge in [-0.05, 0) is 11.0 Å². The highest BCUT2D eigenvalue weighted by molar-refractivity contribution is 9.25. The van der Waals surface area contributed by atoms with Crippen LogP contribution in [0.25, 0.3) is 0 Å². The molecule has 0 nitrogen and oxygen atoms in total. The minimum atomic E-state index is 0.0916. The van der Waals surface area contributed by atoms with E-state index in [2.05, 4.69) is 76.0 Å². The third-order valence-electron chi connectivity index (χ3n) is 2.99. The average molecular weight is 304 g/mol. The SMILES string of the molecule is CC1(C)[C@@H](c2ccccc2)C1(Br)Br. The molecule has 2 heteroatoms. The zero-order chi connectivity index (χ0) is 9.69. The fourth-order valence-electron chi connectivity index (χ4n) is 1.93. The number of halogens is 2. The van der Waals surface area contributed by atoms with Crippen molar-refractivity contribution in [2.45, 2.75) is 23.0 Å². The molecule has 1 aliphatic rings. The standard InChI is InChI=1S/C11H12Br2/c1-10(2)9(11(10,12)13)8-6-4-3-5-7-8/h3-7,9H,1-2H3/t9-/m1/s1. The van der Waals surface area contributed by atoms with Crippen molar-refractivity contribution >= 4 is 31.9 Å². The average Bonchev–Trinajstić information content (AvgIpc) is 2.44. The number of hydrogen-bond donors (Lipinski definition) is 0. The first-order chi connectivity index (χ1) is 5.98. The molecule has 1 aromatic carbocycles. The van der Waals surface area contributed by atoms with Crippen molar-refractivity contribution in [1.82, 2.24) is 0 Å². The molecule has 1 saturated carbocycles. The molecule has 0 aromatic heterocycles. The largest absolute Gasteiger partial charge is 0.0936 e. The van der Waals surface area contributed by atoms with Crippen LogP contribution in [0.5, 0.6) is 0 Å². The quantitative estimate of drug-likeness (QED) is 0.679. The van der Waals surface area contributed by atoms with Crippen molar-refractivity contribution < 1.29 is 0 Å². The van der Waals surface area contributed by atoms with Crippen LogP contribution in [0.2, 0.25) is 0 Å². The van der Waals surface area contributed by atoms with Gasteiger partial charge in [0.15, 0.2) is 0 Å². The van der Waals surface area contributed by atoms with Gasteiger partial charge in [-0.3, -0.25) is 0 Å². The highest BCUT2D eigenvalue weighted by atomic mass is 79.9. The lowest BCUT2D eigenvalue weighted by Gasteiger charge is -2.00. The maximum atomic E-state index is 3.73. The van der Waals surface area contributed by atoms with Gasteiger partial charge in [-0.15, -0.1) is 0 Å². The van der Waals surface area contributed by atoms with Crippen LogP contribution in [0.3, 0.4) is 0 Å². The van der Waals surface area contributed by atoms with E-state index in [4.69, 9.17) is 0 Å². The van der Waals surface area contributed by atoms with Crippen molar-refractivity contribution in [1.29, 1.82) is 0 Å². The van der Waals surface area contributed by atoms with E-state index < -0.39 is 0 Å². The van der Waals surface area contributed by atoms with Crippen LogP contribution in [0.1, 0.15) is 25.3 Å². The van der Waals surface area contributed by atoms with Gasteiger partial charge in [0.2, 0.25) is 0 Å². The van der Waals surface area contributed by atoms with E-state index in [9.17, 15) is 0 Å². The lowest BCUT2D eigenvalue weighted by atomic mass is 10.0. The lowest BCUT2D eigenvalue weighted by Crippen LogP contribution is -1.94. The Bertz CT molecular complexity index is 300. The molecule has 13 heavy (non-hydrogen) atoms. The molecule has 0 aliphatic heterocycles. The first-order valence-electron chi connectivity index (χ1n) is 4.40. The molecule has 0 radical (unpaired) electrons. The maximum absolute atomic E-state index is 3.73. The molecule has 0 bridgehead atoms. The maximum Gasteiger partial charge on any atom is 0.0936 e. The van der Waals surface area contributed by atoms with Gasteiger partial charge in [0.1, 0.15) is 0 Å². The van der Waals surface area contributed by atoms with Crippen molar-refractivity contribution in [2.24, 2.45) is 5.41 Å². The minimum absolute atomic E-state index is 0.0916. The number of benzene rings is 1. The summed E-state index contributed by atoms with van der Waals surface area (Å²) in [4.78, 5) is 0. The summed E-state index contributed by atoms with van der Waals surface area (Å²) in [7, 11) is 0. The van der Waals surface area contributed by atoms with Crippen molar-refractivity contribution in [3.05, 3.63) is 35.9 Å². The van der Waals surface area contributed by atoms with E-state index in [1.165, 1.54) is 5.56 Å². The fraction of sp³-hybridized carbons (Fsp3) is 0.455. The first kappa shape index (κ1) is 9.72. The molecule has 0 saturated heterocycles. The van der Waals surface area contributed by atoms with Crippen LogP contribution in [0.15, 0.2) is 30.3 Å². The van der Waals surface area contributed by atoms with Crippen LogP contribution < -0.4 is 0 Å². The number of hydrogen-bond acceptors (Lipinski definition) is 0. The minimum Gasteiger partial charge on any atom is -0.0714 e. The Morgan fingerprint density at radius 1 is 1.08 bits per heavy atom. The monoisotopic (exact) mass is 302 g/mol. The van der Waals surface area contributed by atoms with Crippen LogP contribution in [0.4, 0.5) is 0 Å². The van der Waals surface area contributed by atoms with Crippen molar-refractivity contribution in [2.75, 3.05) is 0 Å². The summed E-state index contributed by atoms with van der Waals surface area (Å²) in [6, 6.07) is 10.6. The molecule has 0 spiro atoms. The summed E-state index contributed by atoms with van der Waals surface area (Å²) in [5.41, 5.74) is 1.70. The highest BCUT2D eigenvalue weighted by Crippen LogP contribution is 2.75. The predicted molar refractivity (Wildman–Crippen MR) is 63.5 cm³/mol. The van der Waals surface area contributed by atoms with Gasteiger partial charge in [-0.2, -0.15) is 0 Å². The molecule has 1 aliphatic carbocycles. The van der Waals surface area contributed by atoms with Crippen molar-refractivity contribution in [3.63, 3.8) is 0 Å². The predicted octanol–water partition coefficient (Wildman–Crippen LogP) is 4.30. The molecule has 1 atom stereocenters. The first-order valence-corrected chi connectivity index (χ1v) is 5.99. The number of alkyl halides is 2. The van der Waals surface area contributed by atoms with E-state index >= 15 is 0 Å². The fourth-order valence-corrected chi connectivity index (χ4v) is 3.83. The van der Waals surface area contributed by atoms with Gasteiger partial charge in [0.05, 0.1) is 3.23 Å². The molecule has 1 aromatic rings. The van der Waals surface area contributed by atoms with Crippen molar-refractivity contribution in [3.8, 4) is 0 Å². The smallest absolute Gasteiger partial charge is 0.0714 e. The molecule has 0 heterocycles. The van der Waals surface area contributed by atoms with Gasteiger partial charge < -0.3 is 0 Å². The van der Waals surface area contributed by atoms with Crippen LogP contribution >= 0.6 is 31.9 Å². The Kier molecular flexibility index (Phi) is 2.12. The molecule has 2 rings (SSSR count). The Morgan fingerprint density at radius 2 is 1.54 bits per heavy atom.